The molecule has 7 rings (SSSR count). The van der Waals surface area contributed by atoms with Crippen LogP contribution in [0.25, 0.3) is 5.82 Å². The van der Waals surface area contributed by atoms with Crippen molar-refractivity contribution in [2.45, 2.75) is 49.6 Å². The first-order valence-electron chi connectivity index (χ1n) is 11.8. The minimum Gasteiger partial charge on any atom is -0.346 e. The summed E-state index contributed by atoms with van der Waals surface area (Å²) in [4.78, 5) is 34.9. The van der Waals surface area contributed by atoms with Crippen molar-refractivity contribution in [3.8, 4) is 5.82 Å². The molecule has 4 saturated carbocycles. The third-order valence-electron chi connectivity index (χ3n) is 7.64. The number of carbonyl (C=O) groups excluding carboxylic acids is 2. The minimum atomic E-state index is -0.424. The molecule has 2 amide bonds. The molecule has 4 fully saturated rings. The Morgan fingerprint density at radius 3 is 2.35 bits per heavy atom. The Labute approximate surface area is 196 Å². The highest BCUT2D eigenvalue weighted by Gasteiger charge is 2.58. The van der Waals surface area contributed by atoms with Gasteiger partial charge in [0.05, 0.1) is 0 Å². The molecular weight excluding hydrogens is 433 g/mol. The number of halogens is 1. The Morgan fingerprint density at radius 1 is 0.971 bits per heavy atom. The van der Waals surface area contributed by atoms with Crippen LogP contribution in [0, 0.1) is 17.7 Å². The molecular formula is C26H26FN5O2. The molecule has 2 N–H and O–H groups in total. The Kier molecular flexibility index (Phi) is 4.79. The van der Waals surface area contributed by atoms with Crippen LogP contribution in [0.4, 0.5) is 4.39 Å². The summed E-state index contributed by atoms with van der Waals surface area (Å²) in [7, 11) is 0. The van der Waals surface area contributed by atoms with E-state index in [9.17, 15) is 14.0 Å². The van der Waals surface area contributed by atoms with Crippen molar-refractivity contribution in [1.82, 2.24) is 25.2 Å². The predicted octanol–water partition coefficient (Wildman–Crippen LogP) is 3.66. The van der Waals surface area contributed by atoms with E-state index in [-0.39, 0.29) is 22.9 Å². The quantitative estimate of drug-likeness (QED) is 0.610. The highest BCUT2D eigenvalue weighted by atomic mass is 19.1. The molecule has 4 bridgehead atoms. The molecule has 7 nitrogen and oxygen atoms in total. The number of hydrogen-bond donors (Lipinski definition) is 2. The maximum Gasteiger partial charge on any atom is 0.270 e. The molecule has 0 saturated heterocycles. The zero-order chi connectivity index (χ0) is 23.3. The van der Waals surface area contributed by atoms with Crippen LogP contribution in [0.15, 0.2) is 61.2 Å². The van der Waals surface area contributed by atoms with Gasteiger partial charge in [-0.1, -0.05) is 12.1 Å². The number of carbonyl (C=O) groups is 2. The molecule has 0 radical (unpaired) electrons. The maximum atomic E-state index is 13.7. The van der Waals surface area contributed by atoms with Gasteiger partial charge < -0.3 is 10.6 Å². The van der Waals surface area contributed by atoms with E-state index in [1.54, 1.807) is 41.5 Å². The fourth-order valence-corrected chi connectivity index (χ4v) is 6.89. The second-order valence-electron chi connectivity index (χ2n) is 10.3. The number of imidazole rings is 1. The van der Waals surface area contributed by atoms with E-state index in [1.165, 1.54) is 12.1 Å². The number of amides is 2. The monoisotopic (exact) mass is 459 g/mol. The van der Waals surface area contributed by atoms with Gasteiger partial charge in [0.15, 0.2) is 0 Å². The van der Waals surface area contributed by atoms with Gasteiger partial charge in [0.2, 0.25) is 0 Å². The van der Waals surface area contributed by atoms with Crippen molar-refractivity contribution >= 4 is 11.8 Å². The normalized spacial score (nSPS) is 29.1. The molecule has 174 valence electrons. The van der Waals surface area contributed by atoms with E-state index in [1.807, 2.05) is 12.1 Å². The summed E-state index contributed by atoms with van der Waals surface area (Å²) < 4.78 is 15.4. The highest BCUT2D eigenvalue weighted by Crippen LogP contribution is 2.57. The fraction of sp³-hybridized carbons (Fsp3) is 0.385. The Bertz CT molecular complexity index is 1240. The molecule has 2 heterocycles. The number of pyridine rings is 1. The molecule has 4 aliphatic carbocycles. The molecule has 0 spiro atoms. The molecule has 1 aromatic carbocycles. The molecule has 2 aromatic heterocycles. The Hall–Kier alpha value is -3.55. The van der Waals surface area contributed by atoms with Crippen LogP contribution >= 0.6 is 0 Å². The Balaban J connectivity index is 1.23. The smallest absolute Gasteiger partial charge is 0.270 e. The minimum absolute atomic E-state index is 0.199. The maximum absolute atomic E-state index is 13.7. The van der Waals surface area contributed by atoms with Crippen LogP contribution in [0.5, 0.6) is 0 Å². The first-order valence-corrected chi connectivity index (χ1v) is 11.8. The number of nitrogens with one attached hydrogen (secondary N) is 2. The summed E-state index contributed by atoms with van der Waals surface area (Å²) in [6, 6.07) is 11.2. The fourth-order valence-electron chi connectivity index (χ4n) is 6.89. The second-order valence-corrected chi connectivity index (χ2v) is 10.3. The standard InChI is InChI=1S/C26H26FN5O2/c27-20-4-1-3-19(10-20)23(33)30-25-11-17-9-18(12-25)14-26(13-17,15-25)31-24(34)21-5-2-6-22(29-21)32-8-7-28-16-32/h1-8,10,16-18H,9,11-15H2,(H,30,33)(H,31,34). The van der Waals surface area contributed by atoms with Gasteiger partial charge >= 0.3 is 0 Å². The van der Waals surface area contributed by atoms with Crippen LogP contribution in [-0.4, -0.2) is 37.4 Å². The zero-order valence-corrected chi connectivity index (χ0v) is 18.7. The average Bonchev–Trinajstić information content (AvgIpc) is 3.33. The second kappa shape index (κ2) is 7.75. The summed E-state index contributed by atoms with van der Waals surface area (Å²) in [6.45, 7) is 0. The van der Waals surface area contributed by atoms with Crippen LogP contribution in [0.3, 0.4) is 0 Å². The van der Waals surface area contributed by atoms with E-state index in [4.69, 9.17) is 0 Å². The van der Waals surface area contributed by atoms with Crippen LogP contribution in [0.2, 0.25) is 0 Å². The number of hydrogen-bond acceptors (Lipinski definition) is 4. The van der Waals surface area contributed by atoms with Crippen molar-refractivity contribution in [2.75, 3.05) is 0 Å². The van der Waals surface area contributed by atoms with E-state index in [0.29, 0.717) is 35.3 Å². The lowest BCUT2D eigenvalue weighted by atomic mass is 9.49. The molecule has 34 heavy (non-hydrogen) atoms. The van der Waals surface area contributed by atoms with Gasteiger partial charge in [0, 0.05) is 29.0 Å². The van der Waals surface area contributed by atoms with E-state index in [0.717, 1.165) is 32.1 Å². The van der Waals surface area contributed by atoms with Crippen molar-refractivity contribution in [1.29, 1.82) is 0 Å². The first-order chi connectivity index (χ1) is 16.4. The molecule has 4 aliphatic rings. The van der Waals surface area contributed by atoms with Gasteiger partial charge in [-0.05, 0) is 80.7 Å². The SMILES string of the molecule is O=C(NC12CC3CC(C1)CC(NC(=O)c1cccc(-n4ccnc4)n1)(C3)C2)c1cccc(F)c1. The van der Waals surface area contributed by atoms with Crippen LogP contribution in [0.1, 0.15) is 59.4 Å². The summed E-state index contributed by atoms with van der Waals surface area (Å²) in [5.41, 5.74) is -0.0650. The summed E-state index contributed by atoms with van der Waals surface area (Å²) in [5.74, 6) is 0.647. The van der Waals surface area contributed by atoms with Gasteiger partial charge in [0.1, 0.15) is 23.7 Å². The molecule has 2 atom stereocenters. The molecule has 8 heteroatoms. The number of nitrogens with zero attached hydrogens (tertiary/aromatic N) is 3. The van der Waals surface area contributed by atoms with E-state index >= 15 is 0 Å². The summed E-state index contributed by atoms with van der Waals surface area (Å²) in [6.07, 6.45) is 10.5. The predicted molar refractivity (Wildman–Crippen MR) is 123 cm³/mol. The number of benzene rings is 1. The van der Waals surface area contributed by atoms with Crippen molar-refractivity contribution in [2.24, 2.45) is 11.8 Å². The lowest BCUT2D eigenvalue weighted by molar-refractivity contribution is -0.0448. The molecule has 3 aromatic rings. The molecule has 2 unspecified atom stereocenters. The highest BCUT2D eigenvalue weighted by molar-refractivity contribution is 5.95. The molecule has 0 aliphatic heterocycles. The van der Waals surface area contributed by atoms with E-state index < -0.39 is 5.82 Å². The average molecular weight is 460 g/mol. The van der Waals surface area contributed by atoms with Crippen molar-refractivity contribution in [3.05, 3.63) is 78.3 Å². The topological polar surface area (TPSA) is 88.9 Å². The number of rotatable bonds is 5. The van der Waals surface area contributed by atoms with Gasteiger partial charge in [0.25, 0.3) is 11.8 Å². The summed E-state index contributed by atoms with van der Waals surface area (Å²) in [5, 5.41) is 6.57. The third-order valence-corrected chi connectivity index (χ3v) is 7.64. The first kappa shape index (κ1) is 21.0. The zero-order valence-electron chi connectivity index (χ0n) is 18.7. The van der Waals surface area contributed by atoms with Crippen molar-refractivity contribution in [3.63, 3.8) is 0 Å². The van der Waals surface area contributed by atoms with Gasteiger partial charge in [-0.3, -0.25) is 14.2 Å². The van der Waals surface area contributed by atoms with Gasteiger partial charge in [-0.15, -0.1) is 0 Å². The third kappa shape index (κ3) is 3.77. The van der Waals surface area contributed by atoms with Crippen molar-refractivity contribution < 1.29 is 14.0 Å². The summed E-state index contributed by atoms with van der Waals surface area (Å²) >= 11 is 0. The van der Waals surface area contributed by atoms with E-state index in [2.05, 4.69) is 20.6 Å². The number of aromatic nitrogens is 3. The van der Waals surface area contributed by atoms with Gasteiger partial charge in [-0.25, -0.2) is 14.4 Å². The largest absolute Gasteiger partial charge is 0.346 e. The van der Waals surface area contributed by atoms with Crippen LogP contribution in [-0.2, 0) is 0 Å². The lowest BCUT2D eigenvalue weighted by Gasteiger charge is -2.62. The lowest BCUT2D eigenvalue weighted by Crippen LogP contribution is -2.69. The van der Waals surface area contributed by atoms with Gasteiger partial charge in [-0.2, -0.15) is 0 Å². The Morgan fingerprint density at radius 2 is 1.68 bits per heavy atom. The van der Waals surface area contributed by atoms with Crippen LogP contribution < -0.4 is 10.6 Å².